The predicted molar refractivity (Wildman–Crippen MR) is 55.5 cm³/mol. The highest BCUT2D eigenvalue weighted by Gasteiger charge is 2.03. The van der Waals surface area contributed by atoms with Gasteiger partial charge < -0.3 is 10.5 Å². The molecule has 0 bridgehead atoms. The Hall–Kier alpha value is -1.55. The van der Waals surface area contributed by atoms with Crippen LogP contribution in [0.5, 0.6) is 5.75 Å². The number of hydrogen-bond acceptors (Lipinski definition) is 4. The van der Waals surface area contributed by atoms with Crippen LogP contribution in [0.15, 0.2) is 18.2 Å². The Morgan fingerprint density at radius 2 is 2.07 bits per heavy atom. The maximum Gasteiger partial charge on any atom is 0.171 e. The normalized spacial score (nSPS) is 10.4. The van der Waals surface area contributed by atoms with Gasteiger partial charge in [-0.25, -0.2) is 9.97 Å². The summed E-state index contributed by atoms with van der Waals surface area (Å²) in [5.41, 5.74) is 6.90. The Labute approximate surface area is 85.7 Å². The first-order valence-corrected chi connectivity index (χ1v) is 4.35. The molecule has 14 heavy (non-hydrogen) atoms. The van der Waals surface area contributed by atoms with Gasteiger partial charge >= 0.3 is 0 Å². The second kappa shape index (κ2) is 3.31. The molecule has 1 aromatic heterocycles. The fourth-order valence-corrected chi connectivity index (χ4v) is 1.29. The molecule has 0 aliphatic heterocycles. The van der Waals surface area contributed by atoms with E-state index in [0.29, 0.717) is 16.8 Å². The molecule has 0 spiro atoms. The summed E-state index contributed by atoms with van der Waals surface area (Å²) in [6.07, 6.45) is 0. The van der Waals surface area contributed by atoms with Gasteiger partial charge in [-0.2, -0.15) is 0 Å². The van der Waals surface area contributed by atoms with Crippen molar-refractivity contribution in [2.45, 2.75) is 0 Å². The summed E-state index contributed by atoms with van der Waals surface area (Å²) in [6.45, 7) is 0. The smallest absolute Gasteiger partial charge is 0.171 e. The van der Waals surface area contributed by atoms with Crippen LogP contribution >= 0.6 is 11.6 Å². The van der Waals surface area contributed by atoms with Gasteiger partial charge in [0.05, 0.1) is 18.1 Å². The Balaban J connectivity index is 2.70. The van der Waals surface area contributed by atoms with E-state index in [9.17, 15) is 0 Å². The monoisotopic (exact) mass is 209 g/mol. The minimum atomic E-state index is 0.225. The second-order valence-corrected chi connectivity index (χ2v) is 3.11. The zero-order chi connectivity index (χ0) is 10.1. The lowest BCUT2D eigenvalue weighted by atomic mass is 10.3. The van der Waals surface area contributed by atoms with Crippen LogP contribution in [-0.4, -0.2) is 17.1 Å². The zero-order valence-electron chi connectivity index (χ0n) is 7.49. The summed E-state index contributed by atoms with van der Waals surface area (Å²) in [5, 5.41) is 0.225. The Kier molecular flexibility index (Phi) is 2.13. The number of hydrogen-bond donors (Lipinski definition) is 1. The number of nitrogens with two attached hydrogens (primary N) is 1. The van der Waals surface area contributed by atoms with Crippen LogP contribution < -0.4 is 10.5 Å². The average Bonchev–Trinajstić information content (AvgIpc) is 2.19. The van der Waals surface area contributed by atoms with E-state index in [-0.39, 0.29) is 11.0 Å². The van der Waals surface area contributed by atoms with Crippen molar-refractivity contribution in [2.24, 2.45) is 0 Å². The highest BCUT2D eigenvalue weighted by atomic mass is 35.5. The molecule has 1 aromatic carbocycles. The summed E-state index contributed by atoms with van der Waals surface area (Å²) in [6, 6.07) is 5.34. The summed E-state index contributed by atoms with van der Waals surface area (Å²) in [5.74, 6) is 0.945. The van der Waals surface area contributed by atoms with Gasteiger partial charge in [-0.05, 0) is 12.1 Å². The van der Waals surface area contributed by atoms with E-state index in [1.54, 1.807) is 25.3 Å². The van der Waals surface area contributed by atoms with Crippen LogP contribution in [0.1, 0.15) is 0 Å². The summed E-state index contributed by atoms with van der Waals surface area (Å²) >= 11 is 5.73. The molecule has 0 aliphatic rings. The lowest BCUT2D eigenvalue weighted by Gasteiger charge is -2.02. The van der Waals surface area contributed by atoms with E-state index in [2.05, 4.69) is 9.97 Å². The molecule has 0 radical (unpaired) electrons. The maximum absolute atomic E-state index is 5.73. The molecule has 72 valence electrons. The average molecular weight is 210 g/mol. The van der Waals surface area contributed by atoms with Crippen molar-refractivity contribution in [3.05, 3.63) is 23.4 Å². The molecule has 0 saturated heterocycles. The van der Waals surface area contributed by atoms with Gasteiger partial charge in [-0.3, -0.25) is 0 Å². The second-order valence-electron chi connectivity index (χ2n) is 2.75. The summed E-state index contributed by atoms with van der Waals surface area (Å²) < 4.78 is 5.05. The number of aromatic nitrogens is 2. The zero-order valence-corrected chi connectivity index (χ0v) is 8.25. The first kappa shape index (κ1) is 9.02. The minimum Gasteiger partial charge on any atom is -0.497 e. The number of nitrogens with zero attached hydrogens (tertiary/aromatic N) is 2. The van der Waals surface area contributed by atoms with E-state index < -0.39 is 0 Å². The third-order valence-electron chi connectivity index (χ3n) is 1.85. The van der Waals surface area contributed by atoms with Crippen molar-refractivity contribution in [3.63, 3.8) is 0 Å². The molecule has 0 amide bonds. The van der Waals surface area contributed by atoms with Crippen molar-refractivity contribution in [1.29, 1.82) is 0 Å². The highest BCUT2D eigenvalue weighted by molar-refractivity contribution is 6.31. The van der Waals surface area contributed by atoms with Crippen LogP contribution in [0.3, 0.4) is 0 Å². The molecule has 0 fully saturated rings. The van der Waals surface area contributed by atoms with Gasteiger partial charge in [0.15, 0.2) is 11.0 Å². The molecular formula is C9H8ClN3O. The van der Waals surface area contributed by atoms with E-state index in [4.69, 9.17) is 22.1 Å². The van der Waals surface area contributed by atoms with Gasteiger partial charge in [-0.1, -0.05) is 11.6 Å². The van der Waals surface area contributed by atoms with Gasteiger partial charge in [0.25, 0.3) is 0 Å². The first-order valence-electron chi connectivity index (χ1n) is 3.97. The van der Waals surface area contributed by atoms with E-state index in [1.807, 2.05) is 0 Å². The fraction of sp³-hybridized carbons (Fsp3) is 0.111. The number of anilines is 1. The molecule has 2 rings (SSSR count). The molecule has 2 aromatic rings. The van der Waals surface area contributed by atoms with Gasteiger partial charge in [0.1, 0.15) is 5.75 Å². The molecule has 0 unspecified atom stereocenters. The molecule has 2 N–H and O–H groups in total. The molecule has 1 heterocycles. The predicted octanol–water partition coefficient (Wildman–Crippen LogP) is 1.87. The molecule has 0 saturated carbocycles. The molecule has 5 heteroatoms. The summed E-state index contributed by atoms with van der Waals surface area (Å²) in [4.78, 5) is 8.16. The standard InChI is InChI=1S/C9H8ClN3O/c1-14-5-2-3-6-7(4-5)13-9(11)8(10)12-6/h2-4H,1H3,(H2,11,13). The maximum atomic E-state index is 5.73. The van der Waals surface area contributed by atoms with E-state index in [0.717, 1.165) is 0 Å². The number of methoxy groups -OCH3 is 1. The van der Waals surface area contributed by atoms with Crippen molar-refractivity contribution in [1.82, 2.24) is 9.97 Å². The van der Waals surface area contributed by atoms with Crippen molar-refractivity contribution in [3.8, 4) is 5.75 Å². The number of nitrogen functional groups attached to an aromatic ring is 1. The first-order chi connectivity index (χ1) is 6.70. The van der Waals surface area contributed by atoms with Crippen LogP contribution in [0, 0.1) is 0 Å². The highest BCUT2D eigenvalue weighted by Crippen LogP contribution is 2.22. The Bertz CT molecular complexity index is 487. The van der Waals surface area contributed by atoms with Crippen molar-refractivity contribution >= 4 is 28.5 Å². The van der Waals surface area contributed by atoms with Crippen molar-refractivity contribution in [2.75, 3.05) is 12.8 Å². The molecular weight excluding hydrogens is 202 g/mol. The van der Waals surface area contributed by atoms with Gasteiger partial charge in [0.2, 0.25) is 0 Å². The molecule has 4 nitrogen and oxygen atoms in total. The van der Waals surface area contributed by atoms with E-state index >= 15 is 0 Å². The lowest BCUT2D eigenvalue weighted by molar-refractivity contribution is 0.415. The molecule has 0 atom stereocenters. The largest absolute Gasteiger partial charge is 0.497 e. The van der Waals surface area contributed by atoms with Gasteiger partial charge in [-0.15, -0.1) is 0 Å². The van der Waals surface area contributed by atoms with Gasteiger partial charge in [0, 0.05) is 6.07 Å². The SMILES string of the molecule is COc1ccc2nc(Cl)c(N)nc2c1. The number of rotatable bonds is 1. The number of benzene rings is 1. The van der Waals surface area contributed by atoms with Crippen LogP contribution in [-0.2, 0) is 0 Å². The van der Waals surface area contributed by atoms with Crippen LogP contribution in [0.4, 0.5) is 5.82 Å². The number of halogens is 1. The lowest BCUT2D eigenvalue weighted by Crippen LogP contribution is -1.95. The minimum absolute atomic E-state index is 0.225. The number of fused-ring (bicyclic) bond motifs is 1. The topological polar surface area (TPSA) is 61.0 Å². The van der Waals surface area contributed by atoms with Crippen molar-refractivity contribution < 1.29 is 4.74 Å². The van der Waals surface area contributed by atoms with Crippen LogP contribution in [0.2, 0.25) is 5.15 Å². The van der Waals surface area contributed by atoms with E-state index in [1.165, 1.54) is 0 Å². The molecule has 0 aliphatic carbocycles. The number of ether oxygens (including phenoxy) is 1. The third-order valence-corrected chi connectivity index (χ3v) is 2.13. The van der Waals surface area contributed by atoms with Crippen LogP contribution in [0.25, 0.3) is 11.0 Å². The third kappa shape index (κ3) is 1.44. The Morgan fingerprint density at radius 1 is 1.29 bits per heavy atom. The quantitative estimate of drug-likeness (QED) is 0.779. The fourth-order valence-electron chi connectivity index (χ4n) is 1.15. The Morgan fingerprint density at radius 3 is 2.79 bits per heavy atom. The summed E-state index contributed by atoms with van der Waals surface area (Å²) in [7, 11) is 1.59.